The highest BCUT2D eigenvalue weighted by atomic mass is 16.5. The first-order valence-electron chi connectivity index (χ1n) is 5.12. The summed E-state index contributed by atoms with van der Waals surface area (Å²) in [6, 6.07) is 2.13. The van der Waals surface area contributed by atoms with E-state index in [0.29, 0.717) is 11.7 Å². The smallest absolute Gasteiger partial charge is 0.203 e. The molecule has 1 saturated carbocycles. The highest BCUT2D eigenvalue weighted by molar-refractivity contribution is 5.72. The molecule has 1 rings (SSSR count). The lowest BCUT2D eigenvalue weighted by molar-refractivity contribution is 0.187. The van der Waals surface area contributed by atoms with E-state index >= 15 is 0 Å². The van der Waals surface area contributed by atoms with Crippen LogP contribution in [0.25, 0.3) is 0 Å². The van der Waals surface area contributed by atoms with Crippen molar-refractivity contribution < 1.29 is 9.84 Å². The van der Waals surface area contributed by atoms with Crippen molar-refractivity contribution in [3.63, 3.8) is 0 Å². The molecule has 16 heavy (non-hydrogen) atoms. The van der Waals surface area contributed by atoms with Gasteiger partial charge in [-0.25, -0.2) is 5.01 Å². The monoisotopic (exact) mass is 224 g/mol. The first-order valence-corrected chi connectivity index (χ1v) is 5.12. The molecule has 1 aliphatic rings. The molecule has 0 bridgehead atoms. The second kappa shape index (κ2) is 5.98. The van der Waals surface area contributed by atoms with Crippen molar-refractivity contribution in [3.05, 3.63) is 11.9 Å². The van der Waals surface area contributed by atoms with Gasteiger partial charge >= 0.3 is 0 Å². The zero-order valence-electron chi connectivity index (χ0n) is 9.26. The lowest BCUT2D eigenvalue weighted by Gasteiger charge is -2.18. The lowest BCUT2D eigenvalue weighted by Crippen LogP contribution is -2.26. The number of allylic oxidation sites excluding steroid dienone is 1. The lowest BCUT2D eigenvalue weighted by atomic mass is 10.5. The molecule has 0 aromatic heterocycles. The van der Waals surface area contributed by atoms with Gasteiger partial charge in [-0.1, -0.05) is 0 Å². The SMILES string of the molecule is C/C(=N\N(/C(N)=C/C#N)C1CC1)OCCO. The van der Waals surface area contributed by atoms with Gasteiger partial charge < -0.3 is 15.6 Å². The number of nitriles is 1. The molecule has 0 amide bonds. The molecule has 1 aliphatic carbocycles. The maximum absolute atomic E-state index is 8.59. The molecule has 0 aromatic carbocycles. The summed E-state index contributed by atoms with van der Waals surface area (Å²) in [5.74, 6) is 0.743. The third-order valence-electron chi connectivity index (χ3n) is 2.02. The average Bonchev–Trinajstić information content (AvgIpc) is 3.07. The van der Waals surface area contributed by atoms with Crippen LogP contribution in [0.5, 0.6) is 0 Å². The fourth-order valence-corrected chi connectivity index (χ4v) is 1.18. The van der Waals surface area contributed by atoms with Gasteiger partial charge in [-0.15, -0.1) is 5.10 Å². The molecule has 0 unspecified atom stereocenters. The maximum Gasteiger partial charge on any atom is 0.203 e. The molecule has 0 aliphatic heterocycles. The molecule has 0 radical (unpaired) electrons. The zero-order chi connectivity index (χ0) is 12.0. The molecule has 1 fully saturated rings. The van der Waals surface area contributed by atoms with Crippen LogP contribution in [-0.2, 0) is 4.74 Å². The van der Waals surface area contributed by atoms with E-state index in [9.17, 15) is 0 Å². The molecule has 6 heteroatoms. The van der Waals surface area contributed by atoms with Gasteiger partial charge in [-0.3, -0.25) is 0 Å². The summed E-state index contributed by atoms with van der Waals surface area (Å²) >= 11 is 0. The van der Waals surface area contributed by atoms with Gasteiger partial charge in [-0.2, -0.15) is 5.26 Å². The highest BCUT2D eigenvalue weighted by Gasteiger charge is 2.30. The van der Waals surface area contributed by atoms with Gasteiger partial charge in [0.05, 0.1) is 24.8 Å². The summed E-state index contributed by atoms with van der Waals surface area (Å²) < 4.78 is 5.12. The van der Waals surface area contributed by atoms with Crippen molar-refractivity contribution in [2.45, 2.75) is 25.8 Å². The Kier molecular flexibility index (Phi) is 4.61. The van der Waals surface area contributed by atoms with E-state index in [1.54, 1.807) is 11.9 Å². The first-order chi connectivity index (χ1) is 7.69. The van der Waals surface area contributed by atoms with Crippen molar-refractivity contribution in [1.82, 2.24) is 5.01 Å². The number of nitrogens with zero attached hydrogens (tertiary/aromatic N) is 3. The Bertz CT molecular complexity index is 328. The van der Waals surface area contributed by atoms with Crippen LogP contribution in [0.1, 0.15) is 19.8 Å². The summed E-state index contributed by atoms with van der Waals surface area (Å²) in [6.45, 7) is 1.83. The Balaban J connectivity index is 2.64. The molecular formula is C10H16N4O2. The average molecular weight is 224 g/mol. The van der Waals surface area contributed by atoms with Gasteiger partial charge in [0.15, 0.2) is 0 Å². The number of aliphatic hydroxyl groups is 1. The van der Waals surface area contributed by atoms with E-state index in [4.69, 9.17) is 20.8 Å². The van der Waals surface area contributed by atoms with E-state index in [-0.39, 0.29) is 19.3 Å². The molecule has 0 aromatic rings. The van der Waals surface area contributed by atoms with Crippen LogP contribution < -0.4 is 5.73 Å². The summed E-state index contributed by atoms with van der Waals surface area (Å²) in [7, 11) is 0. The van der Waals surface area contributed by atoms with Gasteiger partial charge in [0.25, 0.3) is 0 Å². The minimum atomic E-state index is -0.0557. The Morgan fingerprint density at radius 3 is 2.94 bits per heavy atom. The molecule has 88 valence electrons. The van der Waals surface area contributed by atoms with Crippen molar-refractivity contribution in [1.29, 1.82) is 5.26 Å². The summed E-state index contributed by atoms with van der Waals surface area (Å²) in [5, 5.41) is 22.9. The number of ether oxygens (including phenoxy) is 1. The molecular weight excluding hydrogens is 208 g/mol. The van der Waals surface area contributed by atoms with Gasteiger partial charge in [-0.05, 0) is 12.8 Å². The highest BCUT2D eigenvalue weighted by Crippen LogP contribution is 2.29. The second-order valence-corrected chi connectivity index (χ2v) is 3.47. The van der Waals surface area contributed by atoms with Gasteiger partial charge in [0.2, 0.25) is 5.90 Å². The van der Waals surface area contributed by atoms with Crippen molar-refractivity contribution >= 4 is 5.90 Å². The van der Waals surface area contributed by atoms with E-state index in [1.807, 2.05) is 6.07 Å². The first kappa shape index (κ1) is 12.3. The number of rotatable bonds is 5. The van der Waals surface area contributed by atoms with Crippen molar-refractivity contribution in [2.24, 2.45) is 10.8 Å². The van der Waals surface area contributed by atoms with Crippen LogP contribution in [0, 0.1) is 11.3 Å². The molecule has 0 atom stereocenters. The summed E-state index contributed by atoms with van der Waals surface area (Å²) in [4.78, 5) is 0. The normalized spacial score (nSPS) is 16.8. The van der Waals surface area contributed by atoms with Gasteiger partial charge in [0.1, 0.15) is 12.4 Å². The third-order valence-corrected chi connectivity index (χ3v) is 2.02. The molecule has 6 nitrogen and oxygen atoms in total. The predicted octanol–water partition coefficient (Wildman–Crippen LogP) is 0.117. The number of hydrogen-bond acceptors (Lipinski definition) is 6. The Morgan fingerprint density at radius 1 is 1.75 bits per heavy atom. The van der Waals surface area contributed by atoms with Gasteiger partial charge in [0, 0.05) is 6.92 Å². The van der Waals surface area contributed by atoms with E-state index in [2.05, 4.69) is 5.10 Å². The molecule has 3 N–H and O–H groups in total. The molecule has 0 saturated heterocycles. The van der Waals surface area contributed by atoms with Crippen molar-refractivity contribution in [3.8, 4) is 6.07 Å². The van der Waals surface area contributed by atoms with E-state index in [1.165, 1.54) is 6.08 Å². The minimum Gasteiger partial charge on any atom is -0.477 e. The van der Waals surface area contributed by atoms with Crippen LogP contribution in [-0.4, -0.2) is 35.3 Å². The number of hydrazone groups is 1. The fraction of sp³-hybridized carbons (Fsp3) is 0.600. The maximum atomic E-state index is 8.59. The molecule has 0 spiro atoms. The molecule has 0 heterocycles. The topological polar surface area (TPSA) is 94.9 Å². The van der Waals surface area contributed by atoms with E-state index < -0.39 is 0 Å². The van der Waals surface area contributed by atoms with E-state index in [0.717, 1.165) is 12.8 Å². The van der Waals surface area contributed by atoms with Crippen LogP contribution in [0.4, 0.5) is 0 Å². The number of hydrogen-bond donors (Lipinski definition) is 2. The Hall–Kier alpha value is -1.74. The largest absolute Gasteiger partial charge is 0.477 e. The van der Waals surface area contributed by atoms with Crippen LogP contribution in [0.15, 0.2) is 17.0 Å². The van der Waals surface area contributed by atoms with Crippen LogP contribution in [0.2, 0.25) is 0 Å². The van der Waals surface area contributed by atoms with Crippen LogP contribution >= 0.6 is 0 Å². The quantitative estimate of drug-likeness (QED) is 0.299. The predicted molar refractivity (Wildman–Crippen MR) is 58.9 cm³/mol. The Labute approximate surface area is 94.6 Å². The van der Waals surface area contributed by atoms with Crippen LogP contribution in [0.3, 0.4) is 0 Å². The summed E-state index contributed by atoms with van der Waals surface area (Å²) in [6.07, 6.45) is 3.27. The Morgan fingerprint density at radius 2 is 2.44 bits per heavy atom. The number of nitrogens with two attached hydrogens (primary N) is 1. The third kappa shape index (κ3) is 3.79. The fourth-order valence-electron chi connectivity index (χ4n) is 1.18. The summed E-state index contributed by atoms with van der Waals surface area (Å²) in [5.41, 5.74) is 5.70. The second-order valence-electron chi connectivity index (χ2n) is 3.47. The standard InChI is InChI=1S/C10H16N4O2/c1-8(16-7-6-15)13-14(9-2-3-9)10(12)4-5-11/h4,9,15H,2-3,6-7,12H2,1H3/b10-4+,13-8+. The minimum absolute atomic E-state index is 0.0557. The number of aliphatic hydroxyl groups excluding tert-OH is 1. The zero-order valence-corrected chi connectivity index (χ0v) is 9.26. The van der Waals surface area contributed by atoms with Crippen molar-refractivity contribution in [2.75, 3.05) is 13.2 Å².